The lowest BCUT2D eigenvalue weighted by molar-refractivity contribution is -0.129. The molecule has 1 amide bonds. The lowest BCUT2D eigenvalue weighted by atomic mass is 10.3. The van der Waals surface area contributed by atoms with Crippen molar-refractivity contribution in [2.24, 2.45) is 0 Å². The summed E-state index contributed by atoms with van der Waals surface area (Å²) in [6, 6.07) is 4.58. The van der Waals surface area contributed by atoms with Gasteiger partial charge in [0, 0.05) is 39.0 Å². The maximum absolute atomic E-state index is 12.5. The molecule has 1 aromatic carbocycles. The molecule has 2 rings (SSSR count). The number of sulfone groups is 1. The quantitative estimate of drug-likeness (QED) is 0.774. The Hall–Kier alpha value is -1.80. The SMILES string of the molecule is CNCCN(C)C(=O)CCS(=O)(=O)c1ccc2c(c1)OCCCO2. The first-order chi connectivity index (χ1) is 11.4. The molecule has 0 spiro atoms. The van der Waals surface area contributed by atoms with Crippen LogP contribution in [0.2, 0.25) is 0 Å². The Balaban J connectivity index is 2.02. The summed E-state index contributed by atoms with van der Waals surface area (Å²) in [5.41, 5.74) is 0. The van der Waals surface area contributed by atoms with Gasteiger partial charge in [-0.25, -0.2) is 8.42 Å². The summed E-state index contributed by atoms with van der Waals surface area (Å²) in [6.45, 7) is 2.24. The molecule has 0 fully saturated rings. The van der Waals surface area contributed by atoms with Gasteiger partial charge in [0.2, 0.25) is 5.91 Å². The zero-order valence-corrected chi connectivity index (χ0v) is 14.9. The van der Waals surface area contributed by atoms with Crippen molar-refractivity contribution in [2.75, 3.05) is 46.2 Å². The van der Waals surface area contributed by atoms with Crippen LogP contribution in [0.3, 0.4) is 0 Å². The van der Waals surface area contributed by atoms with Gasteiger partial charge in [-0.05, 0) is 19.2 Å². The molecule has 134 valence electrons. The van der Waals surface area contributed by atoms with Crippen molar-refractivity contribution in [3.05, 3.63) is 18.2 Å². The summed E-state index contributed by atoms with van der Waals surface area (Å²) in [5, 5.41) is 2.95. The Morgan fingerprint density at radius 3 is 2.67 bits per heavy atom. The predicted octanol–water partition coefficient (Wildman–Crippen LogP) is 0.689. The van der Waals surface area contributed by atoms with Crippen LogP contribution < -0.4 is 14.8 Å². The summed E-state index contributed by atoms with van der Waals surface area (Å²) >= 11 is 0. The van der Waals surface area contributed by atoms with E-state index in [-0.39, 0.29) is 23.0 Å². The largest absolute Gasteiger partial charge is 0.490 e. The molecule has 0 aliphatic carbocycles. The molecule has 0 atom stereocenters. The molecule has 1 heterocycles. The van der Waals surface area contributed by atoms with Gasteiger partial charge in [0.25, 0.3) is 0 Å². The van der Waals surface area contributed by atoms with E-state index in [0.717, 1.165) is 6.42 Å². The summed E-state index contributed by atoms with van der Waals surface area (Å²) in [5.74, 6) is 0.568. The van der Waals surface area contributed by atoms with Crippen LogP contribution in [0.1, 0.15) is 12.8 Å². The maximum Gasteiger partial charge on any atom is 0.223 e. The summed E-state index contributed by atoms with van der Waals surface area (Å²) < 4.78 is 35.9. The molecule has 0 saturated carbocycles. The summed E-state index contributed by atoms with van der Waals surface area (Å²) in [7, 11) is -0.0884. The number of hydrogen-bond acceptors (Lipinski definition) is 6. The van der Waals surface area contributed by atoms with Crippen LogP contribution in [0.5, 0.6) is 11.5 Å². The van der Waals surface area contributed by atoms with Crippen molar-refractivity contribution in [1.82, 2.24) is 10.2 Å². The van der Waals surface area contributed by atoms with Crippen molar-refractivity contribution < 1.29 is 22.7 Å². The highest BCUT2D eigenvalue weighted by Gasteiger charge is 2.21. The number of carbonyl (C=O) groups is 1. The molecule has 0 radical (unpaired) electrons. The van der Waals surface area contributed by atoms with E-state index in [4.69, 9.17) is 9.47 Å². The average molecular weight is 356 g/mol. The molecule has 0 unspecified atom stereocenters. The Bertz CT molecular complexity index is 675. The Morgan fingerprint density at radius 1 is 1.25 bits per heavy atom. The van der Waals surface area contributed by atoms with E-state index in [1.54, 1.807) is 20.2 Å². The van der Waals surface area contributed by atoms with Crippen molar-refractivity contribution in [3.8, 4) is 11.5 Å². The first-order valence-corrected chi connectivity index (χ1v) is 9.60. The van der Waals surface area contributed by atoms with Crippen LogP contribution in [0.25, 0.3) is 0 Å². The minimum atomic E-state index is -3.55. The topological polar surface area (TPSA) is 84.9 Å². The zero-order valence-electron chi connectivity index (χ0n) is 14.1. The third kappa shape index (κ3) is 4.85. The molecule has 1 aromatic rings. The van der Waals surface area contributed by atoms with Gasteiger partial charge in [-0.15, -0.1) is 0 Å². The molecule has 0 bridgehead atoms. The number of carbonyl (C=O) groups excluding carboxylic acids is 1. The maximum atomic E-state index is 12.5. The Morgan fingerprint density at radius 2 is 1.96 bits per heavy atom. The van der Waals surface area contributed by atoms with E-state index in [0.29, 0.717) is 37.8 Å². The minimum absolute atomic E-state index is 0.0447. The molecule has 1 aliphatic rings. The molecule has 0 aromatic heterocycles. The fourth-order valence-corrected chi connectivity index (χ4v) is 3.51. The second-order valence-electron chi connectivity index (χ2n) is 5.65. The van der Waals surface area contributed by atoms with Crippen LogP contribution in [0, 0.1) is 0 Å². The van der Waals surface area contributed by atoms with Crippen LogP contribution in [-0.2, 0) is 14.6 Å². The molecule has 24 heavy (non-hydrogen) atoms. The first kappa shape index (κ1) is 18.5. The molecule has 1 aliphatic heterocycles. The van der Waals surface area contributed by atoms with Crippen molar-refractivity contribution in [1.29, 1.82) is 0 Å². The van der Waals surface area contributed by atoms with Crippen LogP contribution in [0.15, 0.2) is 23.1 Å². The van der Waals surface area contributed by atoms with E-state index in [2.05, 4.69) is 5.32 Å². The number of fused-ring (bicyclic) bond motifs is 1. The summed E-state index contributed by atoms with van der Waals surface area (Å²) in [6.07, 6.45) is 0.710. The fourth-order valence-electron chi connectivity index (χ4n) is 2.27. The van der Waals surface area contributed by atoms with Crippen molar-refractivity contribution >= 4 is 15.7 Å². The molecular weight excluding hydrogens is 332 g/mol. The lowest BCUT2D eigenvalue weighted by Gasteiger charge is -2.17. The molecule has 0 saturated heterocycles. The standard InChI is InChI=1S/C16H24N2O5S/c1-17-7-8-18(2)16(19)6-11-24(20,21)13-4-5-14-15(12-13)23-10-3-9-22-14/h4-5,12,17H,3,6-11H2,1-2H3. The number of amides is 1. The number of rotatable bonds is 7. The molecule has 1 N–H and O–H groups in total. The molecule has 8 heteroatoms. The van der Waals surface area contributed by atoms with E-state index in [9.17, 15) is 13.2 Å². The number of nitrogens with one attached hydrogen (secondary N) is 1. The number of likely N-dealkylation sites (N-methyl/N-ethyl adjacent to an activating group) is 2. The average Bonchev–Trinajstić information content (AvgIpc) is 2.82. The smallest absolute Gasteiger partial charge is 0.223 e. The van der Waals surface area contributed by atoms with E-state index >= 15 is 0 Å². The highest BCUT2D eigenvalue weighted by molar-refractivity contribution is 7.91. The Kier molecular flexibility index (Phi) is 6.44. The van der Waals surface area contributed by atoms with Gasteiger partial charge in [0.05, 0.1) is 23.9 Å². The normalized spacial score (nSPS) is 14.1. The molecular formula is C16H24N2O5S. The third-order valence-corrected chi connectivity index (χ3v) is 5.50. The van der Waals surface area contributed by atoms with Crippen LogP contribution in [0.4, 0.5) is 0 Å². The summed E-state index contributed by atoms with van der Waals surface area (Å²) in [4.78, 5) is 13.7. The Labute approximate surface area is 142 Å². The van der Waals surface area contributed by atoms with Gasteiger partial charge < -0.3 is 19.7 Å². The van der Waals surface area contributed by atoms with Gasteiger partial charge in [0.15, 0.2) is 21.3 Å². The number of hydrogen-bond donors (Lipinski definition) is 1. The van der Waals surface area contributed by atoms with E-state index in [1.165, 1.54) is 17.0 Å². The predicted molar refractivity (Wildman–Crippen MR) is 90.3 cm³/mol. The second-order valence-corrected chi connectivity index (χ2v) is 7.76. The van der Waals surface area contributed by atoms with Gasteiger partial charge in [0.1, 0.15) is 0 Å². The monoisotopic (exact) mass is 356 g/mol. The van der Waals surface area contributed by atoms with Gasteiger partial charge in [-0.1, -0.05) is 0 Å². The fraction of sp³-hybridized carbons (Fsp3) is 0.562. The molecule has 7 nitrogen and oxygen atoms in total. The number of benzene rings is 1. The van der Waals surface area contributed by atoms with Crippen LogP contribution >= 0.6 is 0 Å². The van der Waals surface area contributed by atoms with E-state index < -0.39 is 9.84 Å². The number of ether oxygens (including phenoxy) is 2. The van der Waals surface area contributed by atoms with Crippen molar-refractivity contribution in [2.45, 2.75) is 17.7 Å². The number of nitrogens with zero attached hydrogens (tertiary/aromatic N) is 1. The second kappa shape index (κ2) is 8.34. The van der Waals surface area contributed by atoms with Gasteiger partial charge in [-0.2, -0.15) is 0 Å². The highest BCUT2D eigenvalue weighted by Crippen LogP contribution is 2.32. The third-order valence-electron chi connectivity index (χ3n) is 3.79. The highest BCUT2D eigenvalue weighted by atomic mass is 32.2. The zero-order chi connectivity index (χ0) is 17.6. The minimum Gasteiger partial charge on any atom is -0.490 e. The van der Waals surface area contributed by atoms with Crippen molar-refractivity contribution in [3.63, 3.8) is 0 Å². The van der Waals surface area contributed by atoms with Gasteiger partial charge in [-0.3, -0.25) is 4.79 Å². The van der Waals surface area contributed by atoms with Gasteiger partial charge >= 0.3 is 0 Å². The van der Waals surface area contributed by atoms with Crippen LogP contribution in [-0.4, -0.2) is 65.4 Å². The van der Waals surface area contributed by atoms with E-state index in [1.807, 2.05) is 0 Å². The first-order valence-electron chi connectivity index (χ1n) is 7.95. The lowest BCUT2D eigenvalue weighted by Crippen LogP contribution is -2.33.